The van der Waals surface area contributed by atoms with Crippen molar-refractivity contribution in [2.75, 3.05) is 53.9 Å². The van der Waals surface area contributed by atoms with E-state index in [1.54, 1.807) is 14.2 Å². The Morgan fingerprint density at radius 1 is 0.236 bits per heavy atom. The second-order valence-electron chi connectivity index (χ2n) is 21.5. The summed E-state index contributed by atoms with van der Waals surface area (Å²) in [5.74, 6) is 6.67. The van der Waals surface area contributed by atoms with E-state index < -0.39 is 0 Å². The van der Waals surface area contributed by atoms with Gasteiger partial charge in [0.25, 0.3) is 0 Å². The van der Waals surface area contributed by atoms with Crippen molar-refractivity contribution >= 4 is 46.6 Å². The van der Waals surface area contributed by atoms with Gasteiger partial charge in [0.2, 0.25) is 0 Å². The van der Waals surface area contributed by atoms with Gasteiger partial charge in [-0.1, -0.05) is 76.3 Å². The van der Waals surface area contributed by atoms with Gasteiger partial charge in [-0.15, -0.1) is 0 Å². The Balaban J connectivity index is 0.585. The van der Waals surface area contributed by atoms with Gasteiger partial charge in [-0.3, -0.25) is 9.98 Å². The maximum Gasteiger partial charge on any atom is 0.121 e. The Labute approximate surface area is 526 Å². The highest BCUT2D eigenvalue weighted by Crippen LogP contribution is 2.27. The molecule has 0 radical (unpaired) electrons. The van der Waals surface area contributed by atoms with Crippen LogP contribution in [-0.2, 0) is 0 Å². The van der Waals surface area contributed by atoms with Gasteiger partial charge < -0.3 is 37.9 Å². The molecule has 89 heavy (non-hydrogen) atoms. The SMILES string of the molecule is COc1ccc(N=Nc2ccc(OCCCCCCCCCOc3ccc(C=Nc4cccc(OCCCCCOc5cccc(N=Cc6ccc(OCCCCCCCCCOc7ccc(N=Nc8ccc(OC)cc8)cc7)cc6)c5)c4)cc3)cc2)cc1. The number of benzene rings is 8. The predicted molar refractivity (Wildman–Crippen MR) is 359 cm³/mol. The number of ether oxygens (including phenoxy) is 8. The van der Waals surface area contributed by atoms with E-state index in [0.717, 1.165) is 175 Å². The molecule has 0 fully saturated rings. The molecule has 8 aromatic carbocycles. The van der Waals surface area contributed by atoms with Gasteiger partial charge in [-0.25, -0.2) is 0 Å². The number of hydrogen-bond donors (Lipinski definition) is 0. The molecule has 0 spiro atoms. The average Bonchev–Trinajstić information content (AvgIpc) is 3.68. The number of hydrogen-bond acceptors (Lipinski definition) is 14. The lowest BCUT2D eigenvalue weighted by atomic mass is 10.1. The first-order valence-corrected chi connectivity index (χ1v) is 31.6. The fourth-order valence-corrected chi connectivity index (χ4v) is 9.35. The van der Waals surface area contributed by atoms with Crippen LogP contribution >= 0.6 is 0 Å². The lowest BCUT2D eigenvalue weighted by Gasteiger charge is -2.08. The zero-order chi connectivity index (χ0) is 61.4. The van der Waals surface area contributed by atoms with E-state index in [4.69, 9.17) is 47.9 Å². The van der Waals surface area contributed by atoms with Crippen molar-refractivity contribution in [1.82, 2.24) is 0 Å². The van der Waals surface area contributed by atoms with Crippen molar-refractivity contribution in [3.05, 3.63) is 205 Å². The van der Waals surface area contributed by atoms with Crippen molar-refractivity contribution < 1.29 is 37.9 Å². The van der Waals surface area contributed by atoms with E-state index in [2.05, 4.69) is 20.5 Å². The first-order chi connectivity index (χ1) is 44.0. The van der Waals surface area contributed by atoms with Crippen LogP contribution < -0.4 is 37.9 Å². The molecule has 8 rings (SSSR count). The van der Waals surface area contributed by atoms with E-state index in [0.29, 0.717) is 26.4 Å². The largest absolute Gasteiger partial charge is 0.497 e. The van der Waals surface area contributed by atoms with Crippen LogP contribution in [0.1, 0.15) is 120 Å². The minimum Gasteiger partial charge on any atom is -0.497 e. The standard InChI is InChI=1S/C75H86N6O8/c1-82-68-42-30-62(31-43-68)78-80-64-34-46-72(47-35-64)86-52-16-11-7-3-5-9-14-50-84-70-38-26-60(27-39-70)58-76-66-22-20-24-74(56-66)88-54-18-13-19-55-89-75-25-21-23-67(57-75)77-59-61-28-40-71(41-29-61)85-51-15-10-6-4-8-12-17-53-87-73-48-36-65(37-49-73)81-79-63-32-44-69(83-2)45-33-63/h20-49,56-59H,3-19,50-55H2,1-2H3. The van der Waals surface area contributed by atoms with Gasteiger partial charge in [-0.05, 0) is 226 Å². The monoisotopic (exact) mass is 1200 g/mol. The summed E-state index contributed by atoms with van der Waals surface area (Å²) >= 11 is 0. The Bertz CT molecular complexity index is 3110. The topological polar surface area (TPSA) is 148 Å². The first kappa shape index (κ1) is 65.7. The molecule has 0 bridgehead atoms. The molecule has 0 heterocycles. The van der Waals surface area contributed by atoms with Crippen LogP contribution in [0, 0.1) is 0 Å². The molecule has 0 aliphatic carbocycles. The molecule has 14 nitrogen and oxygen atoms in total. The van der Waals surface area contributed by atoms with Gasteiger partial charge in [0, 0.05) is 24.6 Å². The fraction of sp³-hybridized carbons (Fsp3) is 0.333. The minimum absolute atomic E-state index is 0.629. The van der Waals surface area contributed by atoms with Crippen LogP contribution in [0.5, 0.6) is 46.0 Å². The molecule has 0 saturated heterocycles. The van der Waals surface area contributed by atoms with Gasteiger partial charge >= 0.3 is 0 Å². The van der Waals surface area contributed by atoms with Crippen LogP contribution in [0.15, 0.2) is 225 Å². The third-order valence-corrected chi connectivity index (χ3v) is 14.5. The number of rotatable bonds is 42. The Kier molecular flexibility index (Phi) is 29.1. The van der Waals surface area contributed by atoms with Crippen LogP contribution in [0.25, 0.3) is 0 Å². The summed E-state index contributed by atoms with van der Waals surface area (Å²) in [6.07, 6.45) is 22.7. The summed E-state index contributed by atoms with van der Waals surface area (Å²) in [5.41, 5.74) is 6.83. The Morgan fingerprint density at radius 2 is 0.472 bits per heavy atom. The fourth-order valence-electron chi connectivity index (χ4n) is 9.35. The highest BCUT2D eigenvalue weighted by atomic mass is 16.5. The normalized spacial score (nSPS) is 11.4. The van der Waals surface area contributed by atoms with E-state index in [-0.39, 0.29) is 0 Å². The van der Waals surface area contributed by atoms with Crippen molar-refractivity contribution in [1.29, 1.82) is 0 Å². The average molecular weight is 1200 g/mol. The lowest BCUT2D eigenvalue weighted by molar-refractivity contribution is 0.279. The summed E-state index contributed by atoms with van der Waals surface area (Å²) in [5, 5.41) is 17.2. The van der Waals surface area contributed by atoms with Crippen molar-refractivity contribution in [3.63, 3.8) is 0 Å². The highest BCUT2D eigenvalue weighted by Gasteiger charge is 2.04. The third kappa shape index (κ3) is 26.3. The number of azo groups is 2. The maximum atomic E-state index is 6.08. The van der Waals surface area contributed by atoms with E-state index in [1.165, 1.54) is 38.5 Å². The summed E-state index contributed by atoms with van der Waals surface area (Å²) < 4.78 is 46.5. The van der Waals surface area contributed by atoms with Crippen molar-refractivity contribution in [2.24, 2.45) is 30.4 Å². The smallest absolute Gasteiger partial charge is 0.121 e. The quantitative estimate of drug-likeness (QED) is 0.0209. The number of methoxy groups -OCH3 is 2. The minimum atomic E-state index is 0.629. The Morgan fingerprint density at radius 3 is 0.753 bits per heavy atom. The first-order valence-electron chi connectivity index (χ1n) is 31.6. The molecule has 0 unspecified atom stereocenters. The zero-order valence-electron chi connectivity index (χ0n) is 51.8. The molecule has 464 valence electrons. The lowest BCUT2D eigenvalue weighted by Crippen LogP contribution is -2.01. The van der Waals surface area contributed by atoms with E-state index in [9.17, 15) is 0 Å². The third-order valence-electron chi connectivity index (χ3n) is 14.5. The van der Waals surface area contributed by atoms with Crippen molar-refractivity contribution in [3.8, 4) is 46.0 Å². The molecule has 0 N–H and O–H groups in total. The summed E-state index contributed by atoms with van der Waals surface area (Å²) in [4.78, 5) is 9.41. The van der Waals surface area contributed by atoms with E-state index in [1.807, 2.05) is 207 Å². The van der Waals surface area contributed by atoms with E-state index >= 15 is 0 Å². The van der Waals surface area contributed by atoms with Gasteiger partial charge in [0.15, 0.2) is 0 Å². The molecular weight excluding hydrogens is 1110 g/mol. The summed E-state index contributed by atoms with van der Waals surface area (Å²) in [6.45, 7) is 4.12. The van der Waals surface area contributed by atoms with Crippen molar-refractivity contribution in [2.45, 2.75) is 109 Å². The molecule has 0 aliphatic rings. The predicted octanol–water partition coefficient (Wildman–Crippen LogP) is 21.0. The molecule has 8 aromatic rings. The number of unbranched alkanes of at least 4 members (excludes halogenated alkanes) is 14. The molecule has 0 atom stereocenters. The molecular formula is C75H86N6O8. The van der Waals surface area contributed by atoms with Gasteiger partial charge in [-0.2, -0.15) is 20.5 Å². The Hall–Kier alpha value is -9.30. The zero-order valence-corrected chi connectivity index (χ0v) is 51.8. The molecule has 0 aliphatic heterocycles. The number of aliphatic imine (C=N–C) groups is 2. The van der Waals surface area contributed by atoms with Crippen LogP contribution in [0.2, 0.25) is 0 Å². The summed E-state index contributed by atoms with van der Waals surface area (Å²) in [6, 6.07) is 62.5. The molecule has 14 heteroatoms. The maximum absolute atomic E-state index is 6.08. The molecule has 0 amide bonds. The summed E-state index contributed by atoms with van der Waals surface area (Å²) in [7, 11) is 3.29. The van der Waals surface area contributed by atoms with Gasteiger partial charge in [0.05, 0.1) is 88.0 Å². The van der Waals surface area contributed by atoms with Crippen LogP contribution in [0.4, 0.5) is 34.1 Å². The molecule has 0 saturated carbocycles. The van der Waals surface area contributed by atoms with Crippen LogP contribution in [-0.4, -0.2) is 66.3 Å². The second-order valence-corrected chi connectivity index (χ2v) is 21.5. The second kappa shape index (κ2) is 39.5. The van der Waals surface area contributed by atoms with Crippen LogP contribution in [0.3, 0.4) is 0 Å². The highest BCUT2D eigenvalue weighted by molar-refractivity contribution is 5.83. The van der Waals surface area contributed by atoms with Gasteiger partial charge in [0.1, 0.15) is 46.0 Å². The number of nitrogens with zero attached hydrogens (tertiary/aromatic N) is 6. The molecule has 0 aromatic heterocycles.